The molecule has 1 aliphatic carbocycles. The second kappa shape index (κ2) is 11.5. The van der Waals surface area contributed by atoms with Gasteiger partial charge in [-0.1, -0.05) is 0 Å². The van der Waals surface area contributed by atoms with E-state index in [9.17, 15) is 31.1 Å². The third kappa shape index (κ3) is 6.54. The van der Waals surface area contributed by atoms with Gasteiger partial charge >= 0.3 is 12.4 Å². The summed E-state index contributed by atoms with van der Waals surface area (Å²) < 4.78 is 81.2. The molecule has 0 spiro atoms. The molecule has 44 heavy (non-hydrogen) atoms. The first-order valence-corrected chi connectivity index (χ1v) is 14.6. The summed E-state index contributed by atoms with van der Waals surface area (Å²) in [4.78, 5) is 29.6. The number of aromatic nitrogens is 7. The van der Waals surface area contributed by atoms with Crippen LogP contribution in [0, 0.1) is 0 Å². The van der Waals surface area contributed by atoms with Crippen LogP contribution in [0.4, 0.5) is 37.8 Å². The number of nitrogens with one attached hydrogen (secondary N) is 1. The normalized spacial score (nSPS) is 17.2. The molecule has 4 aromatic heterocycles. The van der Waals surface area contributed by atoms with Crippen LogP contribution in [0.2, 0.25) is 0 Å². The Morgan fingerprint density at radius 2 is 1.82 bits per heavy atom. The molecule has 1 N–H and O–H groups in total. The van der Waals surface area contributed by atoms with Crippen LogP contribution in [0.15, 0.2) is 36.5 Å². The molecular formula is C26H26F6N10OS. The molecule has 18 heteroatoms. The van der Waals surface area contributed by atoms with Crippen molar-refractivity contribution in [1.29, 1.82) is 0 Å². The van der Waals surface area contributed by atoms with E-state index in [1.807, 2.05) is 11.1 Å². The zero-order chi connectivity index (χ0) is 31.2. The quantitative estimate of drug-likeness (QED) is 0.271. The van der Waals surface area contributed by atoms with Gasteiger partial charge < -0.3 is 14.8 Å². The maximum absolute atomic E-state index is 13.3. The summed E-state index contributed by atoms with van der Waals surface area (Å²) in [5, 5.41) is 11.6. The lowest BCUT2D eigenvalue weighted by Crippen LogP contribution is -2.49. The van der Waals surface area contributed by atoms with Gasteiger partial charge in [0.2, 0.25) is 0 Å². The van der Waals surface area contributed by atoms with Crippen LogP contribution in [-0.4, -0.2) is 90.2 Å². The number of alkyl halides is 6. The maximum atomic E-state index is 13.3. The third-order valence-corrected chi connectivity index (χ3v) is 8.33. The van der Waals surface area contributed by atoms with E-state index in [1.165, 1.54) is 16.5 Å². The summed E-state index contributed by atoms with van der Waals surface area (Å²) in [6.45, 7) is 1.08. The number of halogens is 6. The molecule has 234 valence electrons. The van der Waals surface area contributed by atoms with E-state index in [1.54, 1.807) is 17.0 Å². The van der Waals surface area contributed by atoms with Crippen LogP contribution in [0.1, 0.15) is 47.9 Å². The number of hydrogen-bond donors (Lipinski definition) is 1. The number of carbonyl (C=O) groups is 1. The fourth-order valence-corrected chi connectivity index (χ4v) is 5.66. The summed E-state index contributed by atoms with van der Waals surface area (Å²) in [6.07, 6.45) is -0.730. The summed E-state index contributed by atoms with van der Waals surface area (Å²) >= 11 is 0.992. The molecule has 1 aliphatic heterocycles. The number of thiazole rings is 1. The van der Waals surface area contributed by atoms with Gasteiger partial charge in [-0.05, 0) is 25.8 Å². The van der Waals surface area contributed by atoms with E-state index < -0.39 is 30.8 Å². The molecule has 4 aromatic rings. The predicted molar refractivity (Wildman–Crippen MR) is 148 cm³/mol. The van der Waals surface area contributed by atoms with E-state index >= 15 is 0 Å². The monoisotopic (exact) mass is 640 g/mol. The average molecular weight is 641 g/mol. The lowest BCUT2D eigenvalue weighted by atomic mass is 10.2. The molecule has 5 heterocycles. The highest BCUT2D eigenvalue weighted by Crippen LogP contribution is 2.40. The Hall–Kier alpha value is -4.06. The largest absolute Gasteiger partial charge is 0.408 e. The van der Waals surface area contributed by atoms with Crippen LogP contribution < -0.4 is 10.2 Å². The van der Waals surface area contributed by atoms with Crippen LogP contribution in [0.3, 0.4) is 0 Å². The molecule has 6 rings (SSSR count). The van der Waals surface area contributed by atoms with Crippen molar-refractivity contribution >= 4 is 28.7 Å². The molecule has 2 aliphatic rings. The number of rotatable bonds is 8. The average Bonchev–Trinajstić information content (AvgIpc) is 3.33. The van der Waals surface area contributed by atoms with Gasteiger partial charge in [-0.2, -0.15) is 26.3 Å². The third-order valence-electron chi connectivity index (χ3n) is 7.49. The van der Waals surface area contributed by atoms with Gasteiger partial charge in [0.1, 0.15) is 23.9 Å². The summed E-state index contributed by atoms with van der Waals surface area (Å²) in [6, 6.07) is -0.313. The lowest BCUT2D eigenvalue weighted by molar-refractivity contribution is -0.162. The highest BCUT2D eigenvalue weighted by atomic mass is 32.1. The zero-order valence-corrected chi connectivity index (χ0v) is 24.0. The molecular weight excluding hydrogens is 614 g/mol. The molecule has 0 radical (unpaired) electrons. The molecule has 1 amide bonds. The van der Waals surface area contributed by atoms with Crippen LogP contribution in [0.25, 0.3) is 16.5 Å². The van der Waals surface area contributed by atoms with Crippen molar-refractivity contribution in [1.82, 2.24) is 39.2 Å². The summed E-state index contributed by atoms with van der Waals surface area (Å²) in [5.74, 6) is -0.237. The Kier molecular flexibility index (Phi) is 7.81. The Morgan fingerprint density at radius 1 is 1.07 bits per heavy atom. The first-order valence-electron chi connectivity index (χ1n) is 13.7. The highest BCUT2D eigenvalue weighted by Gasteiger charge is 2.39. The summed E-state index contributed by atoms with van der Waals surface area (Å²) in [5.41, 5.74) is 2.17. The molecule has 11 nitrogen and oxygen atoms in total. The van der Waals surface area contributed by atoms with Crippen LogP contribution in [-0.2, 0) is 0 Å². The summed E-state index contributed by atoms with van der Waals surface area (Å²) in [7, 11) is 0. The number of hydrogen-bond acceptors (Lipinski definition) is 9. The van der Waals surface area contributed by atoms with Crippen molar-refractivity contribution in [2.24, 2.45) is 0 Å². The number of anilines is 2. The maximum Gasteiger partial charge on any atom is 0.408 e. The molecule has 1 atom stereocenters. The number of nitrogens with zero attached hydrogens (tertiary/aromatic N) is 9. The van der Waals surface area contributed by atoms with Crippen molar-refractivity contribution in [2.45, 2.75) is 44.1 Å². The van der Waals surface area contributed by atoms with Crippen molar-refractivity contribution < 1.29 is 31.1 Å². The lowest BCUT2D eigenvalue weighted by Gasteiger charge is -2.37. The standard InChI is InChI=1S/C26H26F6N10OS/c1-15(26(30,31)32)42-14-35-38-22(42)24-37-21(11-44-24)36-23(43)17-8-19(41-10-18(34-13-41)16-2-3-16)20(9-33-17)40-6-4-39(5-7-40)12-25(27,28)29/h8-11,13-16H,2-7,12H2,1H3,(H,36,43). The van der Waals surface area contributed by atoms with E-state index in [0.717, 1.165) is 47.7 Å². The fraction of sp³-hybridized carbons (Fsp3) is 0.462. The van der Waals surface area contributed by atoms with E-state index in [-0.39, 0.29) is 35.4 Å². The molecule has 1 saturated heterocycles. The highest BCUT2D eigenvalue weighted by molar-refractivity contribution is 7.13. The molecule has 1 unspecified atom stereocenters. The number of piperazine rings is 1. The SMILES string of the molecule is CC(n1cnnc1-c1nc(NC(=O)c2cc(-n3cnc(C4CC4)c3)c(N3CCN(CC(F)(F)F)CC3)cn2)cs1)C(F)(F)F. The molecule has 0 bridgehead atoms. The number of amides is 1. The number of pyridine rings is 1. The minimum absolute atomic E-state index is 0.0320. The Bertz CT molecular complexity index is 1630. The van der Waals surface area contributed by atoms with Crippen molar-refractivity contribution in [3.8, 4) is 16.5 Å². The molecule has 1 saturated carbocycles. The van der Waals surface area contributed by atoms with Gasteiger partial charge in [0, 0.05) is 43.7 Å². The van der Waals surface area contributed by atoms with E-state index in [4.69, 9.17) is 0 Å². The molecule has 0 aromatic carbocycles. The number of imidazole rings is 1. The topological polar surface area (TPSA) is 110 Å². The van der Waals surface area contributed by atoms with Gasteiger partial charge in [-0.25, -0.2) is 15.0 Å². The van der Waals surface area contributed by atoms with Gasteiger partial charge in [-0.3, -0.25) is 14.3 Å². The van der Waals surface area contributed by atoms with E-state index in [0.29, 0.717) is 30.4 Å². The van der Waals surface area contributed by atoms with Gasteiger partial charge in [0.25, 0.3) is 5.91 Å². The van der Waals surface area contributed by atoms with Gasteiger partial charge in [0.05, 0.1) is 36.1 Å². The first-order chi connectivity index (χ1) is 20.9. The van der Waals surface area contributed by atoms with Crippen molar-refractivity contribution in [3.05, 3.63) is 47.9 Å². The zero-order valence-electron chi connectivity index (χ0n) is 23.2. The number of carbonyl (C=O) groups excluding carboxylic acids is 1. The smallest absolute Gasteiger partial charge is 0.366 e. The molecule has 2 fully saturated rings. The Labute approximate surface area is 250 Å². The van der Waals surface area contributed by atoms with Crippen molar-refractivity contribution in [2.75, 3.05) is 42.9 Å². The second-order valence-electron chi connectivity index (χ2n) is 10.7. The fourth-order valence-electron chi connectivity index (χ4n) is 4.92. The van der Waals surface area contributed by atoms with E-state index in [2.05, 4.69) is 30.5 Å². The van der Waals surface area contributed by atoms with Crippen LogP contribution in [0.5, 0.6) is 0 Å². The predicted octanol–water partition coefficient (Wildman–Crippen LogP) is 4.92. The Morgan fingerprint density at radius 3 is 2.50 bits per heavy atom. The van der Waals surface area contributed by atoms with Gasteiger partial charge in [0.15, 0.2) is 10.8 Å². The van der Waals surface area contributed by atoms with Gasteiger partial charge in [-0.15, -0.1) is 21.5 Å². The van der Waals surface area contributed by atoms with Crippen LogP contribution >= 0.6 is 11.3 Å². The minimum Gasteiger partial charge on any atom is -0.366 e. The van der Waals surface area contributed by atoms with Crippen molar-refractivity contribution in [3.63, 3.8) is 0 Å². The minimum atomic E-state index is -4.52. The first kappa shape index (κ1) is 30.0. The second-order valence-corrected chi connectivity index (χ2v) is 11.5. The Balaban J connectivity index is 1.23.